The van der Waals surface area contributed by atoms with Crippen molar-refractivity contribution in [3.63, 3.8) is 0 Å². The summed E-state index contributed by atoms with van der Waals surface area (Å²) in [4.78, 5) is 18.0. The molecule has 5 nitrogen and oxygen atoms in total. The number of carbonyl (C=O) groups is 1. The molecule has 4 rings (SSSR count). The molecule has 1 fully saturated rings. The van der Waals surface area contributed by atoms with Crippen LogP contribution in [0.1, 0.15) is 29.5 Å². The molecule has 0 spiro atoms. The highest BCUT2D eigenvalue weighted by atomic mass is 16.5. The Balaban J connectivity index is 1.42. The SMILES string of the molecule is CCOc1cc(CN2CCN(C(=O)C(c3ccccc3)c3ccccc3)CC2)ccc1OC. The molecular formula is C28H32N2O3. The summed E-state index contributed by atoms with van der Waals surface area (Å²) >= 11 is 0. The van der Waals surface area contributed by atoms with Crippen LogP contribution in [0.25, 0.3) is 0 Å². The molecule has 0 radical (unpaired) electrons. The quantitative estimate of drug-likeness (QED) is 0.510. The van der Waals surface area contributed by atoms with Gasteiger partial charge in [0.05, 0.1) is 19.6 Å². The van der Waals surface area contributed by atoms with Gasteiger partial charge in [0.15, 0.2) is 11.5 Å². The Morgan fingerprint density at radius 1 is 0.848 bits per heavy atom. The lowest BCUT2D eigenvalue weighted by Crippen LogP contribution is -2.49. The molecule has 5 heteroatoms. The molecule has 1 amide bonds. The topological polar surface area (TPSA) is 42.0 Å². The average Bonchev–Trinajstić information content (AvgIpc) is 2.86. The van der Waals surface area contributed by atoms with E-state index in [1.807, 2.05) is 78.6 Å². The zero-order chi connectivity index (χ0) is 23.0. The van der Waals surface area contributed by atoms with E-state index in [0.29, 0.717) is 6.61 Å². The highest BCUT2D eigenvalue weighted by Crippen LogP contribution is 2.30. The summed E-state index contributed by atoms with van der Waals surface area (Å²) in [6.07, 6.45) is 0. The minimum atomic E-state index is -0.269. The Kier molecular flexibility index (Phi) is 7.63. The van der Waals surface area contributed by atoms with Gasteiger partial charge in [-0.3, -0.25) is 9.69 Å². The van der Waals surface area contributed by atoms with E-state index in [-0.39, 0.29) is 11.8 Å². The Morgan fingerprint density at radius 2 is 1.45 bits per heavy atom. The van der Waals surface area contributed by atoms with E-state index >= 15 is 0 Å². The number of amides is 1. The van der Waals surface area contributed by atoms with Gasteiger partial charge < -0.3 is 14.4 Å². The van der Waals surface area contributed by atoms with Gasteiger partial charge >= 0.3 is 0 Å². The third-order valence-corrected chi connectivity index (χ3v) is 6.13. The Hall–Kier alpha value is -3.31. The lowest BCUT2D eigenvalue weighted by atomic mass is 9.90. The monoisotopic (exact) mass is 444 g/mol. The van der Waals surface area contributed by atoms with Crippen LogP contribution in [-0.4, -0.2) is 55.6 Å². The fraction of sp³-hybridized carbons (Fsp3) is 0.321. The second-order valence-corrected chi connectivity index (χ2v) is 8.27. The average molecular weight is 445 g/mol. The highest BCUT2D eigenvalue weighted by Gasteiger charge is 2.29. The maximum atomic E-state index is 13.6. The number of ether oxygens (including phenoxy) is 2. The number of hydrogen-bond acceptors (Lipinski definition) is 4. The normalized spacial score (nSPS) is 14.3. The number of rotatable bonds is 8. The maximum absolute atomic E-state index is 13.6. The molecular weight excluding hydrogens is 412 g/mol. The molecule has 0 aliphatic carbocycles. The van der Waals surface area contributed by atoms with Gasteiger partial charge in [-0.2, -0.15) is 0 Å². The molecule has 0 atom stereocenters. The van der Waals surface area contributed by atoms with Crippen molar-refractivity contribution in [2.45, 2.75) is 19.4 Å². The van der Waals surface area contributed by atoms with Crippen LogP contribution < -0.4 is 9.47 Å². The first-order valence-corrected chi connectivity index (χ1v) is 11.6. The minimum absolute atomic E-state index is 0.176. The van der Waals surface area contributed by atoms with Crippen molar-refractivity contribution in [2.75, 3.05) is 39.9 Å². The van der Waals surface area contributed by atoms with Gasteiger partial charge in [-0.05, 0) is 35.7 Å². The van der Waals surface area contributed by atoms with Crippen LogP contribution in [0.15, 0.2) is 78.9 Å². The van der Waals surface area contributed by atoms with Crippen LogP contribution in [0.2, 0.25) is 0 Å². The van der Waals surface area contributed by atoms with Crippen LogP contribution in [-0.2, 0) is 11.3 Å². The second-order valence-electron chi connectivity index (χ2n) is 8.27. The van der Waals surface area contributed by atoms with Crippen molar-refractivity contribution in [3.05, 3.63) is 95.6 Å². The van der Waals surface area contributed by atoms with Gasteiger partial charge in [0.25, 0.3) is 0 Å². The van der Waals surface area contributed by atoms with Crippen LogP contribution >= 0.6 is 0 Å². The summed E-state index contributed by atoms with van der Waals surface area (Å²) in [6.45, 7) is 6.54. The predicted octanol–water partition coefficient (Wildman–Crippen LogP) is 4.57. The van der Waals surface area contributed by atoms with E-state index in [1.54, 1.807) is 7.11 Å². The number of carbonyl (C=O) groups excluding carboxylic acids is 1. The van der Waals surface area contributed by atoms with Crippen molar-refractivity contribution < 1.29 is 14.3 Å². The number of hydrogen-bond donors (Lipinski definition) is 0. The van der Waals surface area contributed by atoms with Gasteiger partial charge in [0.2, 0.25) is 5.91 Å². The highest BCUT2D eigenvalue weighted by molar-refractivity contribution is 5.87. The largest absolute Gasteiger partial charge is 0.493 e. The lowest BCUT2D eigenvalue weighted by molar-refractivity contribution is -0.133. The smallest absolute Gasteiger partial charge is 0.234 e. The molecule has 33 heavy (non-hydrogen) atoms. The second kappa shape index (κ2) is 11.0. The molecule has 1 heterocycles. The van der Waals surface area contributed by atoms with Crippen molar-refractivity contribution in [3.8, 4) is 11.5 Å². The number of methoxy groups -OCH3 is 1. The Labute approximate surface area is 196 Å². The van der Waals surface area contributed by atoms with E-state index in [1.165, 1.54) is 5.56 Å². The zero-order valence-electron chi connectivity index (χ0n) is 19.4. The van der Waals surface area contributed by atoms with Crippen molar-refractivity contribution in [1.82, 2.24) is 9.80 Å². The van der Waals surface area contributed by atoms with Gasteiger partial charge in [0, 0.05) is 32.7 Å². The van der Waals surface area contributed by atoms with Gasteiger partial charge in [0.1, 0.15) is 0 Å². The first-order chi connectivity index (χ1) is 16.2. The summed E-state index contributed by atoms with van der Waals surface area (Å²) in [5, 5.41) is 0. The minimum Gasteiger partial charge on any atom is -0.493 e. The Morgan fingerprint density at radius 3 is 2.00 bits per heavy atom. The third kappa shape index (κ3) is 5.55. The fourth-order valence-electron chi connectivity index (χ4n) is 4.42. The number of benzene rings is 3. The molecule has 0 unspecified atom stereocenters. The first-order valence-electron chi connectivity index (χ1n) is 11.6. The number of nitrogens with zero attached hydrogens (tertiary/aromatic N) is 2. The molecule has 1 saturated heterocycles. The van der Waals surface area contributed by atoms with E-state index in [2.05, 4.69) is 17.0 Å². The van der Waals surface area contributed by atoms with E-state index in [9.17, 15) is 4.79 Å². The number of piperazine rings is 1. The van der Waals surface area contributed by atoms with Crippen LogP contribution in [0.3, 0.4) is 0 Å². The van der Waals surface area contributed by atoms with Gasteiger partial charge in [-0.25, -0.2) is 0 Å². The first kappa shape index (κ1) is 22.9. The molecule has 172 valence electrons. The summed E-state index contributed by atoms with van der Waals surface area (Å²) < 4.78 is 11.1. The summed E-state index contributed by atoms with van der Waals surface area (Å²) in [5.41, 5.74) is 3.26. The summed E-state index contributed by atoms with van der Waals surface area (Å²) in [6, 6.07) is 26.3. The lowest BCUT2D eigenvalue weighted by Gasteiger charge is -2.36. The molecule has 0 bridgehead atoms. The molecule has 0 aromatic heterocycles. The molecule has 3 aromatic carbocycles. The third-order valence-electron chi connectivity index (χ3n) is 6.13. The zero-order valence-corrected chi connectivity index (χ0v) is 19.4. The van der Waals surface area contributed by atoms with Crippen molar-refractivity contribution in [2.24, 2.45) is 0 Å². The fourth-order valence-corrected chi connectivity index (χ4v) is 4.42. The van der Waals surface area contributed by atoms with E-state index < -0.39 is 0 Å². The predicted molar refractivity (Wildman–Crippen MR) is 131 cm³/mol. The van der Waals surface area contributed by atoms with Crippen LogP contribution in [0.5, 0.6) is 11.5 Å². The van der Waals surface area contributed by atoms with E-state index in [4.69, 9.17) is 9.47 Å². The van der Waals surface area contributed by atoms with Crippen molar-refractivity contribution >= 4 is 5.91 Å². The van der Waals surface area contributed by atoms with E-state index in [0.717, 1.165) is 55.3 Å². The summed E-state index contributed by atoms with van der Waals surface area (Å²) in [7, 11) is 1.66. The van der Waals surface area contributed by atoms with Crippen LogP contribution in [0, 0.1) is 0 Å². The molecule has 1 aliphatic heterocycles. The molecule has 0 N–H and O–H groups in total. The molecule has 0 saturated carbocycles. The molecule has 1 aliphatic rings. The summed E-state index contributed by atoms with van der Waals surface area (Å²) in [5.74, 6) is 1.44. The Bertz CT molecular complexity index is 992. The van der Waals surface area contributed by atoms with Gasteiger partial charge in [-0.15, -0.1) is 0 Å². The molecule has 3 aromatic rings. The van der Waals surface area contributed by atoms with Crippen LogP contribution in [0.4, 0.5) is 0 Å². The van der Waals surface area contributed by atoms with Crippen molar-refractivity contribution in [1.29, 1.82) is 0 Å². The standard InChI is InChI=1S/C28H32N2O3/c1-3-33-26-20-22(14-15-25(26)32-2)21-29-16-18-30(19-17-29)28(31)27(23-10-6-4-7-11-23)24-12-8-5-9-13-24/h4-15,20,27H,3,16-19,21H2,1-2H3. The maximum Gasteiger partial charge on any atom is 0.234 e. The van der Waals surface area contributed by atoms with Gasteiger partial charge in [-0.1, -0.05) is 66.7 Å².